The Kier molecular flexibility index (Phi) is 7.18. The summed E-state index contributed by atoms with van der Waals surface area (Å²) >= 11 is 0. The molecule has 0 aliphatic carbocycles. The van der Waals surface area contributed by atoms with Gasteiger partial charge in [0.25, 0.3) is 0 Å². The van der Waals surface area contributed by atoms with Crippen molar-refractivity contribution in [2.24, 2.45) is 0 Å². The van der Waals surface area contributed by atoms with Gasteiger partial charge in [0.2, 0.25) is 5.91 Å². The van der Waals surface area contributed by atoms with Crippen LogP contribution in [0.3, 0.4) is 0 Å². The average Bonchev–Trinajstić information content (AvgIpc) is 2.45. The van der Waals surface area contributed by atoms with Crippen LogP contribution in [0.1, 0.15) is 18.9 Å². The van der Waals surface area contributed by atoms with Crippen molar-refractivity contribution in [2.45, 2.75) is 25.9 Å². The molecule has 0 heterocycles. The molecule has 1 aromatic carbocycles. The summed E-state index contributed by atoms with van der Waals surface area (Å²) in [5.74, 6) is -0.401. The molecule has 1 atom stereocenters. The van der Waals surface area contributed by atoms with Crippen molar-refractivity contribution in [1.29, 1.82) is 0 Å². The quantitative estimate of drug-likeness (QED) is 0.739. The Morgan fingerprint density at radius 3 is 2.80 bits per heavy atom. The second kappa shape index (κ2) is 8.66. The van der Waals surface area contributed by atoms with Crippen LogP contribution in [0.2, 0.25) is 0 Å². The van der Waals surface area contributed by atoms with Crippen molar-refractivity contribution >= 4 is 5.91 Å². The van der Waals surface area contributed by atoms with E-state index in [1.54, 1.807) is 25.3 Å². The lowest BCUT2D eigenvalue weighted by Crippen LogP contribution is -2.43. The molecule has 0 spiro atoms. The molecule has 20 heavy (non-hydrogen) atoms. The average molecular weight is 282 g/mol. The Labute approximate surface area is 119 Å². The number of rotatable bonds is 8. The molecular weight excluding hydrogens is 259 g/mol. The minimum Gasteiger partial charge on any atom is -0.385 e. The van der Waals surface area contributed by atoms with Crippen LogP contribution in [0, 0.1) is 5.82 Å². The molecule has 1 aromatic rings. The molecule has 1 N–H and O–H groups in total. The number of carbonyl (C=O) groups is 1. The molecule has 1 unspecified atom stereocenters. The highest BCUT2D eigenvalue weighted by Gasteiger charge is 2.17. The summed E-state index contributed by atoms with van der Waals surface area (Å²) in [5.41, 5.74) is 0.495. The van der Waals surface area contributed by atoms with E-state index in [0.29, 0.717) is 12.2 Å². The maximum absolute atomic E-state index is 13.4. The van der Waals surface area contributed by atoms with Gasteiger partial charge < -0.3 is 10.1 Å². The molecule has 0 fully saturated rings. The van der Waals surface area contributed by atoms with Crippen LogP contribution in [0.5, 0.6) is 0 Å². The zero-order valence-electron chi connectivity index (χ0n) is 12.4. The monoisotopic (exact) mass is 282 g/mol. The number of hydrogen-bond acceptors (Lipinski definition) is 3. The largest absolute Gasteiger partial charge is 0.385 e. The first-order valence-electron chi connectivity index (χ1n) is 6.76. The second-order valence-corrected chi connectivity index (χ2v) is 4.81. The fourth-order valence-electron chi connectivity index (χ4n) is 1.82. The Hall–Kier alpha value is -1.46. The van der Waals surface area contributed by atoms with Gasteiger partial charge >= 0.3 is 0 Å². The molecule has 1 rings (SSSR count). The molecule has 5 heteroatoms. The van der Waals surface area contributed by atoms with E-state index in [-0.39, 0.29) is 24.3 Å². The lowest BCUT2D eigenvalue weighted by Gasteiger charge is -2.23. The number of nitrogens with zero attached hydrogens (tertiary/aromatic N) is 1. The highest BCUT2D eigenvalue weighted by molar-refractivity contribution is 5.81. The Morgan fingerprint density at radius 1 is 1.45 bits per heavy atom. The number of likely N-dealkylation sites (N-methyl/N-ethyl adjacent to an activating group) is 1. The van der Waals surface area contributed by atoms with Gasteiger partial charge in [-0.25, -0.2) is 4.39 Å². The Balaban J connectivity index is 2.40. The predicted octanol–water partition coefficient (Wildman–Crippen LogP) is 1.80. The number of benzene rings is 1. The van der Waals surface area contributed by atoms with Crippen LogP contribution < -0.4 is 5.32 Å². The number of nitrogens with one attached hydrogen (secondary N) is 1. The SMILES string of the molecule is COCCCN(C)C(C)C(=O)NCc1ccccc1F. The summed E-state index contributed by atoms with van der Waals surface area (Å²) in [6.07, 6.45) is 0.873. The van der Waals surface area contributed by atoms with Crippen molar-refractivity contribution in [3.8, 4) is 0 Å². The van der Waals surface area contributed by atoms with Crippen LogP contribution >= 0.6 is 0 Å². The zero-order chi connectivity index (χ0) is 15.0. The van der Waals surface area contributed by atoms with Crippen molar-refractivity contribution in [2.75, 3.05) is 27.3 Å². The molecule has 4 nitrogen and oxygen atoms in total. The van der Waals surface area contributed by atoms with Gasteiger partial charge in [-0.15, -0.1) is 0 Å². The lowest BCUT2D eigenvalue weighted by molar-refractivity contribution is -0.125. The Morgan fingerprint density at radius 2 is 2.15 bits per heavy atom. The van der Waals surface area contributed by atoms with Crippen LogP contribution in [0.25, 0.3) is 0 Å². The van der Waals surface area contributed by atoms with Crippen molar-refractivity contribution in [3.63, 3.8) is 0 Å². The minimum absolute atomic E-state index is 0.104. The first-order valence-corrected chi connectivity index (χ1v) is 6.76. The van der Waals surface area contributed by atoms with Gasteiger partial charge in [-0.05, 0) is 26.5 Å². The molecule has 0 aliphatic heterocycles. The van der Waals surface area contributed by atoms with Gasteiger partial charge in [0.15, 0.2) is 0 Å². The summed E-state index contributed by atoms with van der Waals surface area (Å²) in [5, 5.41) is 2.76. The summed E-state index contributed by atoms with van der Waals surface area (Å²) in [7, 11) is 3.55. The van der Waals surface area contributed by atoms with E-state index in [1.807, 2.05) is 18.9 Å². The van der Waals surface area contributed by atoms with Gasteiger partial charge in [0, 0.05) is 32.4 Å². The molecular formula is C15H23FN2O2. The van der Waals surface area contributed by atoms with Crippen molar-refractivity contribution in [3.05, 3.63) is 35.6 Å². The molecule has 112 valence electrons. The smallest absolute Gasteiger partial charge is 0.237 e. The van der Waals surface area contributed by atoms with Gasteiger partial charge in [0.1, 0.15) is 5.82 Å². The first kappa shape index (κ1) is 16.6. The standard InChI is InChI=1S/C15H23FN2O2/c1-12(18(2)9-6-10-20-3)15(19)17-11-13-7-4-5-8-14(13)16/h4-5,7-8,12H,6,9-11H2,1-3H3,(H,17,19). The van der Waals surface area contributed by atoms with Crippen LogP contribution in [0.15, 0.2) is 24.3 Å². The highest BCUT2D eigenvalue weighted by Crippen LogP contribution is 2.06. The van der Waals surface area contributed by atoms with E-state index in [1.165, 1.54) is 6.07 Å². The molecule has 0 bridgehead atoms. The second-order valence-electron chi connectivity index (χ2n) is 4.81. The summed E-state index contributed by atoms with van der Waals surface area (Å²) in [6.45, 7) is 3.50. The van der Waals surface area contributed by atoms with Crippen LogP contribution in [0.4, 0.5) is 4.39 Å². The number of hydrogen-bond donors (Lipinski definition) is 1. The fraction of sp³-hybridized carbons (Fsp3) is 0.533. The topological polar surface area (TPSA) is 41.6 Å². The van der Waals surface area contributed by atoms with E-state index in [0.717, 1.165) is 13.0 Å². The number of halogens is 1. The van der Waals surface area contributed by atoms with E-state index >= 15 is 0 Å². The van der Waals surface area contributed by atoms with Crippen molar-refractivity contribution < 1.29 is 13.9 Å². The van der Waals surface area contributed by atoms with Crippen LogP contribution in [-0.4, -0.2) is 44.2 Å². The van der Waals surface area contributed by atoms with Gasteiger partial charge in [-0.1, -0.05) is 18.2 Å². The number of carbonyl (C=O) groups excluding carboxylic acids is 1. The molecule has 0 saturated heterocycles. The van der Waals surface area contributed by atoms with E-state index in [2.05, 4.69) is 5.32 Å². The lowest BCUT2D eigenvalue weighted by atomic mass is 10.2. The first-order chi connectivity index (χ1) is 9.56. The van der Waals surface area contributed by atoms with Gasteiger partial charge in [0.05, 0.1) is 6.04 Å². The number of ether oxygens (including phenoxy) is 1. The van der Waals surface area contributed by atoms with Gasteiger partial charge in [-0.3, -0.25) is 9.69 Å². The third-order valence-corrected chi connectivity index (χ3v) is 3.31. The molecule has 0 aromatic heterocycles. The highest BCUT2D eigenvalue weighted by atomic mass is 19.1. The molecule has 0 saturated carbocycles. The number of amides is 1. The minimum atomic E-state index is -0.297. The predicted molar refractivity (Wildman–Crippen MR) is 76.8 cm³/mol. The van der Waals surface area contributed by atoms with Gasteiger partial charge in [-0.2, -0.15) is 0 Å². The van der Waals surface area contributed by atoms with E-state index < -0.39 is 0 Å². The maximum atomic E-state index is 13.4. The summed E-state index contributed by atoms with van der Waals surface area (Å²) < 4.78 is 18.4. The van der Waals surface area contributed by atoms with Crippen LogP contribution in [-0.2, 0) is 16.1 Å². The van der Waals surface area contributed by atoms with E-state index in [9.17, 15) is 9.18 Å². The third kappa shape index (κ3) is 5.27. The molecule has 0 radical (unpaired) electrons. The molecule has 0 aliphatic rings. The van der Waals surface area contributed by atoms with E-state index in [4.69, 9.17) is 4.74 Å². The fourth-order valence-corrected chi connectivity index (χ4v) is 1.82. The third-order valence-electron chi connectivity index (χ3n) is 3.31. The van der Waals surface area contributed by atoms with Crippen molar-refractivity contribution in [1.82, 2.24) is 10.2 Å². The Bertz CT molecular complexity index is 426. The molecule has 1 amide bonds. The summed E-state index contributed by atoms with van der Waals surface area (Å²) in [4.78, 5) is 13.9. The zero-order valence-corrected chi connectivity index (χ0v) is 12.4. The normalized spacial score (nSPS) is 12.4. The maximum Gasteiger partial charge on any atom is 0.237 e. The summed E-state index contributed by atoms with van der Waals surface area (Å²) in [6, 6.07) is 6.20. The number of methoxy groups -OCH3 is 1.